The maximum Gasteiger partial charge on any atom is 0.251 e. The van der Waals surface area contributed by atoms with E-state index in [0.29, 0.717) is 17.9 Å². The number of carbonyl (C=O) groups is 1. The Labute approximate surface area is 122 Å². The molecule has 0 heterocycles. The van der Waals surface area contributed by atoms with E-state index in [9.17, 15) is 4.79 Å². The molecule has 1 unspecified atom stereocenters. The van der Waals surface area contributed by atoms with Gasteiger partial charge in [-0.3, -0.25) is 4.79 Å². The molecule has 0 spiro atoms. The average molecular weight is 277 g/mol. The van der Waals surface area contributed by atoms with Crippen LogP contribution < -0.4 is 5.32 Å². The van der Waals surface area contributed by atoms with E-state index in [1.165, 1.54) is 5.56 Å². The van der Waals surface area contributed by atoms with Crippen LogP contribution in [0.5, 0.6) is 0 Å². The largest absolute Gasteiger partial charge is 0.396 e. The molecule has 1 amide bonds. The van der Waals surface area contributed by atoms with Gasteiger partial charge in [-0.1, -0.05) is 46.8 Å². The monoisotopic (exact) mass is 277 g/mol. The van der Waals surface area contributed by atoms with Crippen molar-refractivity contribution in [2.24, 2.45) is 5.92 Å². The lowest BCUT2D eigenvalue weighted by molar-refractivity contribution is 0.0916. The summed E-state index contributed by atoms with van der Waals surface area (Å²) in [5.41, 5.74) is 1.97. The van der Waals surface area contributed by atoms with Crippen molar-refractivity contribution in [3.8, 4) is 0 Å². The molecule has 0 aliphatic heterocycles. The predicted octanol–water partition coefficient (Wildman–Crippen LogP) is 3.12. The molecular weight excluding hydrogens is 250 g/mol. The van der Waals surface area contributed by atoms with E-state index < -0.39 is 0 Å². The molecule has 2 N–H and O–H groups in total. The maximum absolute atomic E-state index is 12.2. The summed E-state index contributed by atoms with van der Waals surface area (Å²) < 4.78 is 0. The van der Waals surface area contributed by atoms with Crippen molar-refractivity contribution in [2.75, 3.05) is 6.61 Å². The van der Waals surface area contributed by atoms with Crippen molar-refractivity contribution in [1.82, 2.24) is 5.32 Å². The van der Waals surface area contributed by atoms with E-state index in [1.807, 2.05) is 38.1 Å². The summed E-state index contributed by atoms with van der Waals surface area (Å²) in [4.78, 5) is 12.2. The third-order valence-corrected chi connectivity index (χ3v) is 3.57. The van der Waals surface area contributed by atoms with Crippen LogP contribution in [0.15, 0.2) is 24.3 Å². The molecule has 0 aliphatic rings. The van der Waals surface area contributed by atoms with Gasteiger partial charge >= 0.3 is 0 Å². The van der Waals surface area contributed by atoms with Crippen LogP contribution in [-0.4, -0.2) is 23.7 Å². The Morgan fingerprint density at radius 2 is 1.75 bits per heavy atom. The fraction of sp³-hybridized carbons (Fsp3) is 0.588. The minimum absolute atomic E-state index is 0.00907. The number of aliphatic hydroxyl groups is 1. The number of hydrogen-bond donors (Lipinski definition) is 2. The fourth-order valence-corrected chi connectivity index (χ4v) is 2.08. The SMILES string of the molecule is CC(C)C(CCO)NC(=O)c1ccc(C(C)(C)C)cc1. The fourth-order valence-electron chi connectivity index (χ4n) is 2.08. The van der Waals surface area contributed by atoms with Gasteiger partial charge < -0.3 is 10.4 Å². The standard InChI is InChI=1S/C17H27NO2/c1-12(2)15(10-11-19)18-16(20)13-6-8-14(9-7-13)17(3,4)5/h6-9,12,15,19H,10-11H2,1-5H3,(H,18,20). The summed E-state index contributed by atoms with van der Waals surface area (Å²) in [5.74, 6) is 0.234. The second-order valence-electron chi connectivity index (χ2n) is 6.66. The molecule has 0 fully saturated rings. The third-order valence-electron chi connectivity index (χ3n) is 3.57. The summed E-state index contributed by atoms with van der Waals surface area (Å²) in [5, 5.41) is 12.0. The summed E-state index contributed by atoms with van der Waals surface area (Å²) in [6.07, 6.45) is 0.587. The zero-order valence-electron chi connectivity index (χ0n) is 13.2. The van der Waals surface area contributed by atoms with Crippen molar-refractivity contribution < 1.29 is 9.90 Å². The molecule has 1 aromatic carbocycles. The average Bonchev–Trinajstić information content (AvgIpc) is 2.37. The number of carbonyl (C=O) groups excluding carboxylic acids is 1. The molecule has 0 saturated heterocycles. The van der Waals surface area contributed by atoms with Crippen LogP contribution >= 0.6 is 0 Å². The second kappa shape index (κ2) is 6.89. The molecular formula is C17H27NO2. The minimum atomic E-state index is -0.0717. The molecule has 1 rings (SSSR count). The smallest absolute Gasteiger partial charge is 0.251 e. The van der Waals surface area contributed by atoms with Gasteiger partial charge in [-0.25, -0.2) is 0 Å². The molecule has 112 valence electrons. The van der Waals surface area contributed by atoms with Crippen molar-refractivity contribution in [1.29, 1.82) is 0 Å². The lowest BCUT2D eigenvalue weighted by Crippen LogP contribution is -2.39. The van der Waals surface area contributed by atoms with E-state index in [1.54, 1.807) is 0 Å². The second-order valence-corrected chi connectivity index (χ2v) is 6.66. The zero-order valence-corrected chi connectivity index (χ0v) is 13.2. The molecule has 20 heavy (non-hydrogen) atoms. The normalized spacial score (nSPS) is 13.3. The van der Waals surface area contributed by atoms with Gasteiger partial charge in [-0.15, -0.1) is 0 Å². The summed E-state index contributed by atoms with van der Waals surface area (Å²) in [7, 11) is 0. The molecule has 3 heteroatoms. The van der Waals surface area contributed by atoms with Gasteiger partial charge in [0.15, 0.2) is 0 Å². The third kappa shape index (κ3) is 4.64. The van der Waals surface area contributed by atoms with Gasteiger partial charge in [-0.05, 0) is 35.4 Å². The first-order chi connectivity index (χ1) is 9.25. The first-order valence-corrected chi connectivity index (χ1v) is 7.28. The van der Waals surface area contributed by atoms with E-state index in [0.717, 1.165) is 0 Å². The number of benzene rings is 1. The summed E-state index contributed by atoms with van der Waals surface area (Å²) >= 11 is 0. The van der Waals surface area contributed by atoms with E-state index in [4.69, 9.17) is 5.11 Å². The molecule has 0 aliphatic carbocycles. The highest BCUT2D eigenvalue weighted by Gasteiger charge is 2.18. The van der Waals surface area contributed by atoms with Gasteiger partial charge in [-0.2, -0.15) is 0 Å². The highest BCUT2D eigenvalue weighted by atomic mass is 16.3. The number of rotatable bonds is 5. The van der Waals surface area contributed by atoms with Crippen LogP contribution in [0.1, 0.15) is 57.0 Å². The summed E-state index contributed by atoms with van der Waals surface area (Å²) in [6, 6.07) is 7.75. The van der Waals surface area contributed by atoms with Crippen LogP contribution in [0.4, 0.5) is 0 Å². The lowest BCUT2D eigenvalue weighted by atomic mass is 9.86. The van der Waals surface area contributed by atoms with Gasteiger partial charge in [0.2, 0.25) is 0 Å². The van der Waals surface area contributed by atoms with Gasteiger partial charge in [0, 0.05) is 18.2 Å². The van der Waals surface area contributed by atoms with Crippen LogP contribution in [0.3, 0.4) is 0 Å². The zero-order chi connectivity index (χ0) is 15.3. The number of amides is 1. The Morgan fingerprint density at radius 3 is 2.15 bits per heavy atom. The Bertz CT molecular complexity index is 429. The lowest BCUT2D eigenvalue weighted by Gasteiger charge is -2.22. The van der Waals surface area contributed by atoms with Crippen molar-refractivity contribution in [2.45, 2.75) is 52.5 Å². The summed E-state index contributed by atoms with van der Waals surface area (Å²) in [6.45, 7) is 10.6. The van der Waals surface area contributed by atoms with E-state index >= 15 is 0 Å². The number of aliphatic hydroxyl groups excluding tert-OH is 1. The predicted molar refractivity (Wildman–Crippen MR) is 82.9 cm³/mol. The first kappa shape index (κ1) is 16.7. The van der Waals surface area contributed by atoms with Crippen LogP contribution in [-0.2, 0) is 5.41 Å². The Kier molecular flexibility index (Phi) is 5.75. The Morgan fingerprint density at radius 1 is 1.20 bits per heavy atom. The Hall–Kier alpha value is -1.35. The van der Waals surface area contributed by atoms with Crippen LogP contribution in [0, 0.1) is 5.92 Å². The van der Waals surface area contributed by atoms with Crippen LogP contribution in [0.2, 0.25) is 0 Å². The van der Waals surface area contributed by atoms with E-state index in [2.05, 4.69) is 26.1 Å². The highest BCUT2D eigenvalue weighted by molar-refractivity contribution is 5.94. The maximum atomic E-state index is 12.2. The molecule has 0 radical (unpaired) electrons. The highest BCUT2D eigenvalue weighted by Crippen LogP contribution is 2.22. The van der Waals surface area contributed by atoms with Crippen LogP contribution in [0.25, 0.3) is 0 Å². The Balaban J connectivity index is 2.77. The molecule has 3 nitrogen and oxygen atoms in total. The first-order valence-electron chi connectivity index (χ1n) is 7.28. The van der Waals surface area contributed by atoms with Gasteiger partial charge in [0.25, 0.3) is 5.91 Å². The van der Waals surface area contributed by atoms with Crippen molar-refractivity contribution in [3.63, 3.8) is 0 Å². The van der Waals surface area contributed by atoms with Gasteiger partial charge in [0.1, 0.15) is 0 Å². The topological polar surface area (TPSA) is 49.3 Å². The molecule has 0 saturated carbocycles. The van der Waals surface area contributed by atoms with E-state index in [-0.39, 0.29) is 24.0 Å². The minimum Gasteiger partial charge on any atom is -0.396 e. The van der Waals surface area contributed by atoms with Crippen molar-refractivity contribution >= 4 is 5.91 Å². The molecule has 0 bridgehead atoms. The quantitative estimate of drug-likeness (QED) is 0.868. The number of nitrogens with one attached hydrogen (secondary N) is 1. The van der Waals surface area contributed by atoms with Crippen molar-refractivity contribution in [3.05, 3.63) is 35.4 Å². The molecule has 1 atom stereocenters. The molecule has 1 aromatic rings. The number of hydrogen-bond acceptors (Lipinski definition) is 2. The molecule has 0 aromatic heterocycles. The van der Waals surface area contributed by atoms with Gasteiger partial charge in [0.05, 0.1) is 0 Å².